The van der Waals surface area contributed by atoms with Crippen LogP contribution in [0, 0.1) is 21.4 Å². The second-order valence-corrected chi connectivity index (χ2v) is 12.0. The van der Waals surface area contributed by atoms with Gasteiger partial charge < -0.3 is 0 Å². The van der Waals surface area contributed by atoms with E-state index in [9.17, 15) is 10.1 Å². The van der Waals surface area contributed by atoms with Crippen molar-refractivity contribution in [1.82, 2.24) is 4.98 Å². The van der Waals surface area contributed by atoms with Gasteiger partial charge in [-0.1, -0.05) is 119 Å². The van der Waals surface area contributed by atoms with Crippen molar-refractivity contribution in [3.05, 3.63) is 149 Å². The molecule has 39 heavy (non-hydrogen) atoms. The minimum absolute atomic E-state index is 0.0393. The highest BCUT2D eigenvalue weighted by Crippen LogP contribution is 2.32. The minimum Gasteiger partial charge on any atom is -0.258 e. The summed E-state index contributed by atoms with van der Waals surface area (Å²) in [4.78, 5) is 15.2. The van der Waals surface area contributed by atoms with E-state index in [1.165, 1.54) is 39.8 Å². The van der Waals surface area contributed by atoms with E-state index in [0.29, 0.717) is 15.9 Å². The zero-order valence-electron chi connectivity index (χ0n) is 20.7. The first-order valence-electron chi connectivity index (χ1n) is 11.9. The molecule has 0 aliphatic rings. The second-order valence-electron chi connectivity index (χ2n) is 8.14. The van der Waals surface area contributed by atoms with E-state index < -0.39 is 12.8 Å². The molecule has 1 aromatic heterocycles. The van der Waals surface area contributed by atoms with Crippen molar-refractivity contribution in [3.8, 4) is 6.07 Å². The number of nitro benzene ring substituents is 1. The lowest BCUT2D eigenvalue weighted by Crippen LogP contribution is -2.20. The fraction of sp³-hybridized carbons (Fsp3) is 0.0323. The third kappa shape index (κ3) is 7.84. The Bertz CT molecular complexity index is 1450. The molecule has 0 saturated heterocycles. The topological polar surface area (TPSA) is 79.8 Å². The van der Waals surface area contributed by atoms with Crippen LogP contribution in [-0.2, 0) is 5.33 Å². The summed E-state index contributed by atoms with van der Waals surface area (Å²) in [7, 11) is -0.446. The molecule has 0 radical (unpaired) electrons. The molecule has 1 heterocycles. The van der Waals surface area contributed by atoms with E-state index in [1.807, 2.05) is 0 Å². The lowest BCUT2D eigenvalue weighted by Gasteiger charge is -2.18. The highest BCUT2D eigenvalue weighted by molar-refractivity contribution is 9.08. The smallest absolute Gasteiger partial charge is 0.258 e. The van der Waals surface area contributed by atoms with Crippen LogP contribution >= 0.6 is 35.6 Å². The van der Waals surface area contributed by atoms with Gasteiger partial charge in [-0.05, 0) is 47.6 Å². The first-order valence-corrected chi connectivity index (χ1v) is 15.2. The van der Waals surface area contributed by atoms with Crippen LogP contribution < -0.4 is 15.9 Å². The van der Waals surface area contributed by atoms with Crippen LogP contribution in [0.1, 0.15) is 11.1 Å². The van der Waals surface area contributed by atoms with Crippen LogP contribution in [0.15, 0.2) is 137 Å². The molecule has 0 aliphatic carbocycles. The van der Waals surface area contributed by atoms with E-state index in [4.69, 9.17) is 5.26 Å². The Morgan fingerprint density at radius 3 is 1.72 bits per heavy atom. The van der Waals surface area contributed by atoms with Gasteiger partial charge in [0.15, 0.2) is 0 Å². The number of pyridine rings is 1. The van der Waals surface area contributed by atoms with Gasteiger partial charge in [-0.15, -0.1) is 0 Å². The van der Waals surface area contributed by atoms with Crippen LogP contribution in [-0.4, -0.2) is 9.91 Å². The summed E-state index contributed by atoms with van der Waals surface area (Å²) in [6.45, 7) is 0. The zero-order valence-corrected chi connectivity index (χ0v) is 24.0. The predicted molar refractivity (Wildman–Crippen MR) is 164 cm³/mol. The van der Waals surface area contributed by atoms with E-state index in [0.717, 1.165) is 10.5 Å². The standard InChI is InChI=1S/C18H15P.C13H8BrN3O2S/c1-4-10-16(11-5-1)19(17-12-6-2-7-13-17)18-14-8-3-9-15-18;14-6-9-5-10(7-15)13(16-8-9)20-12-3-1-11(2-4-12)17(18)19/h1-15H;1-5,8H,6H2. The van der Waals surface area contributed by atoms with Crippen LogP contribution in [0.5, 0.6) is 0 Å². The maximum Gasteiger partial charge on any atom is 0.269 e. The third-order valence-electron chi connectivity index (χ3n) is 5.49. The third-order valence-corrected chi connectivity index (χ3v) is 9.61. The first kappa shape index (κ1) is 28.2. The first-order chi connectivity index (χ1) is 19.1. The van der Waals surface area contributed by atoms with Gasteiger partial charge in [0.1, 0.15) is 11.1 Å². The molecule has 5 aromatic rings. The van der Waals surface area contributed by atoms with Gasteiger partial charge >= 0.3 is 0 Å². The monoisotopic (exact) mass is 611 g/mol. The predicted octanol–water partition coefficient (Wildman–Crippen LogP) is 7.35. The summed E-state index contributed by atoms with van der Waals surface area (Å²) in [6.07, 6.45) is 1.70. The van der Waals surface area contributed by atoms with Gasteiger partial charge in [0, 0.05) is 28.6 Å². The molecule has 8 heteroatoms. The summed E-state index contributed by atoms with van der Waals surface area (Å²) < 4.78 is 0. The molecule has 0 N–H and O–H groups in total. The van der Waals surface area contributed by atoms with Gasteiger partial charge in [-0.25, -0.2) is 4.98 Å². The lowest BCUT2D eigenvalue weighted by molar-refractivity contribution is -0.384. The SMILES string of the molecule is N#Cc1cc(CBr)cnc1Sc1ccc([N+](=O)[O-])cc1.c1ccc(P(c2ccccc2)c2ccccc2)cc1. The normalized spacial score (nSPS) is 10.3. The van der Waals surface area contributed by atoms with Gasteiger partial charge in [0.25, 0.3) is 5.69 Å². The van der Waals surface area contributed by atoms with E-state index >= 15 is 0 Å². The average molecular weight is 612 g/mol. The van der Waals surface area contributed by atoms with Crippen LogP contribution in [0.3, 0.4) is 0 Å². The number of nitrogens with zero attached hydrogens (tertiary/aromatic N) is 3. The number of hydrogen-bond donors (Lipinski definition) is 0. The lowest BCUT2D eigenvalue weighted by atomic mass is 10.2. The summed E-state index contributed by atoms with van der Waals surface area (Å²) in [5, 5.41) is 25.1. The number of non-ortho nitro benzene ring substituents is 1. The fourth-order valence-electron chi connectivity index (χ4n) is 3.66. The fourth-order valence-corrected chi connectivity index (χ4v) is 7.08. The maximum absolute atomic E-state index is 10.6. The summed E-state index contributed by atoms with van der Waals surface area (Å²) >= 11 is 4.62. The molecule has 192 valence electrons. The molecule has 0 saturated carbocycles. The van der Waals surface area contributed by atoms with E-state index in [2.05, 4.69) is 118 Å². The molecule has 4 aromatic carbocycles. The van der Waals surface area contributed by atoms with Crippen molar-refractivity contribution in [1.29, 1.82) is 5.26 Å². The summed E-state index contributed by atoms with van der Waals surface area (Å²) in [5.74, 6) is 0. The minimum atomic E-state index is -0.446. The number of benzene rings is 4. The van der Waals surface area contributed by atoms with Gasteiger partial charge in [0.05, 0.1) is 10.5 Å². The molecule has 0 fully saturated rings. The Morgan fingerprint density at radius 1 is 0.821 bits per heavy atom. The number of halogens is 1. The Morgan fingerprint density at radius 2 is 1.31 bits per heavy atom. The van der Waals surface area contributed by atoms with Crippen LogP contribution in [0.4, 0.5) is 5.69 Å². The van der Waals surface area contributed by atoms with Gasteiger partial charge in [-0.3, -0.25) is 10.1 Å². The molecule has 0 atom stereocenters. The van der Waals surface area contributed by atoms with Gasteiger partial charge in [-0.2, -0.15) is 5.26 Å². The number of nitro groups is 1. The van der Waals surface area contributed by atoms with Crippen molar-refractivity contribution in [2.75, 3.05) is 0 Å². The zero-order chi connectivity index (χ0) is 27.5. The molecule has 0 spiro atoms. The Labute approximate surface area is 241 Å². The molecule has 5 rings (SSSR count). The van der Waals surface area contributed by atoms with Crippen LogP contribution in [0.2, 0.25) is 0 Å². The Balaban J connectivity index is 0.000000181. The number of nitriles is 1. The molecule has 0 aliphatic heterocycles. The quantitative estimate of drug-likeness (QED) is 0.0831. The van der Waals surface area contributed by atoms with Gasteiger partial charge in [0.2, 0.25) is 0 Å². The highest BCUT2D eigenvalue weighted by Gasteiger charge is 2.15. The molecule has 0 unspecified atom stereocenters. The largest absolute Gasteiger partial charge is 0.269 e. The molecule has 5 nitrogen and oxygen atoms in total. The van der Waals surface area contributed by atoms with Crippen LogP contribution in [0.25, 0.3) is 0 Å². The maximum atomic E-state index is 10.6. The van der Waals surface area contributed by atoms with Crippen molar-refractivity contribution in [2.24, 2.45) is 0 Å². The second kappa shape index (κ2) is 14.4. The molecule has 0 amide bonds. The van der Waals surface area contributed by atoms with Crippen molar-refractivity contribution < 1.29 is 4.92 Å². The summed E-state index contributed by atoms with van der Waals surface area (Å²) in [6, 6.07) is 42.4. The number of rotatable bonds is 7. The molecule has 0 bridgehead atoms. The Kier molecular flexibility index (Phi) is 10.4. The Hall–Kier alpha value is -3.82. The number of alkyl halides is 1. The molecular formula is C31H23BrN3O2PS. The molecular weight excluding hydrogens is 589 g/mol. The highest BCUT2D eigenvalue weighted by atomic mass is 79.9. The van der Waals surface area contributed by atoms with E-state index in [-0.39, 0.29) is 5.69 Å². The number of hydrogen-bond acceptors (Lipinski definition) is 5. The number of aromatic nitrogens is 1. The van der Waals surface area contributed by atoms with Crippen molar-refractivity contribution >= 4 is 57.2 Å². The summed E-state index contributed by atoms with van der Waals surface area (Å²) in [5.41, 5.74) is 1.46. The van der Waals surface area contributed by atoms with Crippen molar-refractivity contribution in [3.63, 3.8) is 0 Å². The van der Waals surface area contributed by atoms with Crippen molar-refractivity contribution in [2.45, 2.75) is 15.3 Å². The van der Waals surface area contributed by atoms with E-state index in [1.54, 1.807) is 24.4 Å². The average Bonchev–Trinajstić information content (AvgIpc) is 3.00.